The number of nitrogens with zero attached hydrogens (tertiary/aromatic N) is 3. The highest BCUT2D eigenvalue weighted by Crippen LogP contribution is 2.36. The lowest BCUT2D eigenvalue weighted by atomic mass is 10.2. The van der Waals surface area contributed by atoms with Crippen molar-refractivity contribution < 1.29 is 0 Å². The van der Waals surface area contributed by atoms with Crippen molar-refractivity contribution in [3.05, 3.63) is 71.8 Å². The van der Waals surface area contributed by atoms with Crippen molar-refractivity contribution in [2.45, 2.75) is 13.0 Å². The van der Waals surface area contributed by atoms with E-state index in [1.807, 2.05) is 42.5 Å². The molecule has 0 fully saturated rings. The summed E-state index contributed by atoms with van der Waals surface area (Å²) in [5, 5.41) is 4.18. The zero-order valence-electron chi connectivity index (χ0n) is 13.5. The molecule has 4 aromatic rings. The minimum absolute atomic E-state index is 0.0559. The van der Waals surface area contributed by atoms with Crippen molar-refractivity contribution in [3.63, 3.8) is 0 Å². The van der Waals surface area contributed by atoms with Gasteiger partial charge in [0, 0.05) is 16.1 Å². The van der Waals surface area contributed by atoms with E-state index in [0.717, 1.165) is 37.2 Å². The van der Waals surface area contributed by atoms with Gasteiger partial charge in [-0.1, -0.05) is 29.8 Å². The van der Waals surface area contributed by atoms with Crippen LogP contribution in [0.2, 0.25) is 5.02 Å². The molecule has 0 aliphatic rings. The van der Waals surface area contributed by atoms with Crippen molar-refractivity contribution in [2.75, 3.05) is 5.32 Å². The molecule has 1 aromatic carbocycles. The van der Waals surface area contributed by atoms with Crippen molar-refractivity contribution in [3.8, 4) is 10.4 Å². The van der Waals surface area contributed by atoms with E-state index >= 15 is 0 Å². The van der Waals surface area contributed by atoms with Gasteiger partial charge in [-0.2, -0.15) is 0 Å². The van der Waals surface area contributed by atoms with E-state index in [1.54, 1.807) is 23.9 Å². The third-order valence-corrected chi connectivity index (χ3v) is 5.36. The second-order valence-electron chi connectivity index (χ2n) is 5.67. The second-order valence-corrected chi connectivity index (χ2v) is 7.16. The predicted molar refractivity (Wildman–Crippen MR) is 104 cm³/mol. The van der Waals surface area contributed by atoms with Crippen LogP contribution >= 0.6 is 22.9 Å². The fraction of sp³-hybridized carbons (Fsp3) is 0.105. The maximum Gasteiger partial charge on any atom is 0.147 e. The van der Waals surface area contributed by atoms with E-state index in [1.165, 1.54) is 0 Å². The van der Waals surface area contributed by atoms with Crippen LogP contribution in [-0.2, 0) is 0 Å². The maximum absolute atomic E-state index is 5.98. The Labute approximate surface area is 154 Å². The number of pyridine rings is 1. The van der Waals surface area contributed by atoms with E-state index in [2.05, 4.69) is 33.3 Å². The summed E-state index contributed by atoms with van der Waals surface area (Å²) in [5.41, 5.74) is 3.03. The minimum Gasteiger partial charge on any atom is -0.361 e. The number of benzene rings is 1. The van der Waals surface area contributed by atoms with Crippen LogP contribution in [-0.4, -0.2) is 15.0 Å². The van der Waals surface area contributed by atoms with E-state index in [0.29, 0.717) is 0 Å². The molecule has 3 aromatic heterocycles. The number of hydrogen-bond donors (Lipinski definition) is 1. The van der Waals surface area contributed by atoms with Crippen LogP contribution < -0.4 is 5.32 Å². The predicted octanol–water partition coefficient (Wildman–Crippen LogP) is 5.58. The smallest absolute Gasteiger partial charge is 0.147 e. The fourth-order valence-corrected chi connectivity index (χ4v) is 3.82. The summed E-state index contributed by atoms with van der Waals surface area (Å²) in [6.07, 6.45) is 3.39. The fourth-order valence-electron chi connectivity index (χ4n) is 2.62. The van der Waals surface area contributed by atoms with Crippen LogP contribution in [0.5, 0.6) is 0 Å². The Morgan fingerprint density at radius 1 is 1.04 bits per heavy atom. The third kappa shape index (κ3) is 3.34. The summed E-state index contributed by atoms with van der Waals surface area (Å²) >= 11 is 7.65. The van der Waals surface area contributed by atoms with Crippen LogP contribution in [0, 0.1) is 0 Å². The summed E-state index contributed by atoms with van der Waals surface area (Å²) in [6.45, 7) is 2.07. The molecule has 25 heavy (non-hydrogen) atoms. The molecule has 0 radical (unpaired) electrons. The monoisotopic (exact) mass is 366 g/mol. The SMILES string of the molecule is C[C@H](Nc1ncnc2cc(-c3ccc(Cl)cc3)sc12)c1ccccn1. The maximum atomic E-state index is 5.98. The Balaban J connectivity index is 1.69. The van der Waals surface area contributed by atoms with E-state index in [-0.39, 0.29) is 6.04 Å². The summed E-state index contributed by atoms with van der Waals surface area (Å²) in [6, 6.07) is 15.9. The Hall–Kier alpha value is -2.50. The van der Waals surface area contributed by atoms with E-state index in [9.17, 15) is 0 Å². The van der Waals surface area contributed by atoms with Gasteiger partial charge in [-0.25, -0.2) is 9.97 Å². The Kier molecular flexibility index (Phi) is 4.34. The number of fused-ring (bicyclic) bond motifs is 1. The molecule has 0 bridgehead atoms. The largest absolute Gasteiger partial charge is 0.361 e. The summed E-state index contributed by atoms with van der Waals surface area (Å²) in [4.78, 5) is 14.4. The highest BCUT2D eigenvalue weighted by Gasteiger charge is 2.13. The Bertz CT molecular complexity index is 999. The molecule has 0 aliphatic carbocycles. The van der Waals surface area contributed by atoms with Gasteiger partial charge in [0.15, 0.2) is 0 Å². The molecule has 0 amide bonds. The van der Waals surface area contributed by atoms with Gasteiger partial charge in [0.25, 0.3) is 0 Å². The van der Waals surface area contributed by atoms with Gasteiger partial charge in [0.05, 0.1) is 22.0 Å². The molecule has 0 aliphatic heterocycles. The Morgan fingerprint density at radius 2 is 1.88 bits per heavy atom. The standard InChI is InChI=1S/C19H15ClN4S/c1-12(15-4-2-3-9-21-15)24-19-18-16(22-11-23-19)10-17(25-18)13-5-7-14(20)8-6-13/h2-12H,1H3,(H,22,23,24)/t12-/m0/s1. The third-order valence-electron chi connectivity index (χ3n) is 3.92. The van der Waals surface area contributed by atoms with Crippen LogP contribution in [0.3, 0.4) is 0 Å². The number of hydrogen-bond acceptors (Lipinski definition) is 5. The molecule has 0 unspecified atom stereocenters. The molecule has 124 valence electrons. The summed E-state index contributed by atoms with van der Waals surface area (Å²) in [5.74, 6) is 0.827. The molecule has 1 N–H and O–H groups in total. The first-order valence-corrected chi connectivity index (χ1v) is 9.08. The van der Waals surface area contributed by atoms with Crippen molar-refractivity contribution in [1.29, 1.82) is 0 Å². The normalized spacial score (nSPS) is 12.2. The molecular formula is C19H15ClN4S. The number of thiophene rings is 1. The number of halogens is 1. The lowest BCUT2D eigenvalue weighted by molar-refractivity contribution is 0.833. The van der Waals surface area contributed by atoms with E-state index in [4.69, 9.17) is 11.6 Å². The molecule has 0 spiro atoms. The van der Waals surface area contributed by atoms with Gasteiger partial charge in [-0.05, 0) is 42.8 Å². The van der Waals surface area contributed by atoms with E-state index < -0.39 is 0 Å². The van der Waals surface area contributed by atoms with Gasteiger partial charge in [0.2, 0.25) is 0 Å². The highest BCUT2D eigenvalue weighted by molar-refractivity contribution is 7.22. The van der Waals surface area contributed by atoms with Crippen molar-refractivity contribution >= 4 is 39.0 Å². The average molecular weight is 367 g/mol. The van der Waals surface area contributed by atoms with Gasteiger partial charge >= 0.3 is 0 Å². The molecular weight excluding hydrogens is 352 g/mol. The molecule has 4 nitrogen and oxygen atoms in total. The van der Waals surface area contributed by atoms with Crippen molar-refractivity contribution in [1.82, 2.24) is 15.0 Å². The summed E-state index contributed by atoms with van der Waals surface area (Å²) in [7, 11) is 0. The quantitative estimate of drug-likeness (QED) is 0.512. The molecule has 6 heteroatoms. The zero-order chi connectivity index (χ0) is 17.2. The van der Waals surface area contributed by atoms with Crippen LogP contribution in [0.15, 0.2) is 61.1 Å². The first-order chi connectivity index (χ1) is 12.2. The average Bonchev–Trinajstić information content (AvgIpc) is 3.08. The molecule has 0 saturated carbocycles. The van der Waals surface area contributed by atoms with Crippen LogP contribution in [0.25, 0.3) is 20.7 Å². The molecule has 1 atom stereocenters. The number of rotatable bonds is 4. The second kappa shape index (κ2) is 6.78. The lowest BCUT2D eigenvalue weighted by Crippen LogP contribution is -2.09. The summed E-state index contributed by atoms with van der Waals surface area (Å²) < 4.78 is 1.04. The zero-order valence-corrected chi connectivity index (χ0v) is 15.1. The molecule has 3 heterocycles. The van der Waals surface area contributed by atoms with Gasteiger partial charge in [-0.3, -0.25) is 4.98 Å². The first kappa shape index (κ1) is 16.0. The van der Waals surface area contributed by atoms with Gasteiger partial charge in [0.1, 0.15) is 12.1 Å². The Morgan fingerprint density at radius 3 is 2.64 bits per heavy atom. The number of nitrogens with one attached hydrogen (secondary N) is 1. The lowest BCUT2D eigenvalue weighted by Gasteiger charge is -2.14. The van der Waals surface area contributed by atoms with Crippen LogP contribution in [0.4, 0.5) is 5.82 Å². The van der Waals surface area contributed by atoms with Gasteiger partial charge < -0.3 is 5.32 Å². The highest BCUT2D eigenvalue weighted by atomic mass is 35.5. The number of anilines is 1. The number of aromatic nitrogens is 3. The van der Waals surface area contributed by atoms with Gasteiger partial charge in [-0.15, -0.1) is 11.3 Å². The molecule has 4 rings (SSSR count). The topological polar surface area (TPSA) is 50.7 Å². The van der Waals surface area contributed by atoms with Crippen molar-refractivity contribution in [2.24, 2.45) is 0 Å². The first-order valence-electron chi connectivity index (χ1n) is 7.88. The van der Waals surface area contributed by atoms with Crippen LogP contribution in [0.1, 0.15) is 18.7 Å². The molecule has 0 saturated heterocycles. The minimum atomic E-state index is 0.0559.